The number of hydroxylamine groups is 2. The van der Waals surface area contributed by atoms with Crippen LogP contribution in [-0.4, -0.2) is 21.3 Å². The molecule has 0 atom stereocenters. The van der Waals surface area contributed by atoms with Crippen LogP contribution < -0.4 is 0 Å². The van der Waals surface area contributed by atoms with Gasteiger partial charge in [0.15, 0.2) is 0 Å². The molecule has 0 aliphatic heterocycles. The van der Waals surface area contributed by atoms with Gasteiger partial charge in [-0.3, -0.25) is 0 Å². The number of nitrogens with zero attached hydrogens (tertiary/aromatic N) is 1. The van der Waals surface area contributed by atoms with Gasteiger partial charge in [-0.1, -0.05) is 27.7 Å². The van der Waals surface area contributed by atoms with Crippen LogP contribution in [0.3, 0.4) is 0 Å². The fourth-order valence-corrected chi connectivity index (χ4v) is 1.23. The van der Waals surface area contributed by atoms with Crippen molar-refractivity contribution in [3.8, 4) is 0 Å². The van der Waals surface area contributed by atoms with Crippen LogP contribution >= 0.6 is 0 Å². The molecule has 0 heterocycles. The molecule has 0 aromatic carbocycles. The summed E-state index contributed by atoms with van der Waals surface area (Å²) in [5.74, 6) is 0.844. The Morgan fingerprint density at radius 1 is 0.786 bits per heavy atom. The second-order valence-corrected chi connectivity index (χ2v) is 5.93. The quantitative estimate of drug-likeness (QED) is 0.703. The van der Waals surface area contributed by atoms with Gasteiger partial charge in [0.1, 0.15) is 0 Å². The molecule has 0 radical (unpaired) electrons. The molecular weight excluding hydrogens is 174 g/mol. The summed E-state index contributed by atoms with van der Waals surface area (Å²) in [6.45, 7) is 16.9. The van der Waals surface area contributed by atoms with Crippen molar-refractivity contribution < 1.29 is 5.21 Å². The molecule has 0 saturated carbocycles. The maximum absolute atomic E-state index is 10.3. The van der Waals surface area contributed by atoms with E-state index in [4.69, 9.17) is 0 Å². The van der Waals surface area contributed by atoms with E-state index in [1.165, 1.54) is 5.06 Å². The molecule has 0 aliphatic rings. The van der Waals surface area contributed by atoms with Crippen molar-refractivity contribution in [1.82, 2.24) is 5.06 Å². The van der Waals surface area contributed by atoms with Crippen molar-refractivity contribution in [3.63, 3.8) is 0 Å². The monoisotopic (exact) mass is 201 g/mol. The number of hydrogen-bond acceptors (Lipinski definition) is 2. The molecule has 2 heteroatoms. The van der Waals surface area contributed by atoms with Crippen LogP contribution in [0.5, 0.6) is 0 Å². The Kier molecular flexibility index (Phi) is 4.17. The lowest BCUT2D eigenvalue weighted by Gasteiger charge is -2.48. The molecule has 86 valence electrons. The number of rotatable bonds is 4. The Morgan fingerprint density at radius 3 is 1.14 bits per heavy atom. The zero-order chi connectivity index (χ0) is 11.7. The topological polar surface area (TPSA) is 23.5 Å². The molecule has 1 N–H and O–H groups in total. The van der Waals surface area contributed by atoms with Crippen molar-refractivity contribution in [2.75, 3.05) is 0 Å². The van der Waals surface area contributed by atoms with Gasteiger partial charge in [0.05, 0.1) is 0 Å². The van der Waals surface area contributed by atoms with Crippen LogP contribution in [0.2, 0.25) is 0 Å². The van der Waals surface area contributed by atoms with E-state index in [0.717, 1.165) is 0 Å². The summed E-state index contributed by atoms with van der Waals surface area (Å²) in [7, 11) is 0. The molecular formula is C12H27NO. The van der Waals surface area contributed by atoms with Gasteiger partial charge in [0, 0.05) is 11.1 Å². The zero-order valence-electron chi connectivity index (χ0n) is 11.0. The molecule has 0 aromatic rings. The van der Waals surface area contributed by atoms with Crippen molar-refractivity contribution in [1.29, 1.82) is 0 Å². The summed E-state index contributed by atoms with van der Waals surface area (Å²) in [5.41, 5.74) is -0.373. The summed E-state index contributed by atoms with van der Waals surface area (Å²) in [6, 6.07) is 0. The highest BCUT2D eigenvalue weighted by atomic mass is 16.5. The molecule has 0 fully saturated rings. The summed E-state index contributed by atoms with van der Waals surface area (Å²) in [4.78, 5) is 0. The van der Waals surface area contributed by atoms with Crippen molar-refractivity contribution in [2.45, 2.75) is 66.5 Å². The molecule has 0 spiro atoms. The predicted octanol–water partition coefficient (Wildman–Crippen LogP) is 3.55. The van der Waals surface area contributed by atoms with E-state index in [2.05, 4.69) is 55.4 Å². The molecule has 0 saturated heterocycles. The van der Waals surface area contributed by atoms with Gasteiger partial charge in [-0.2, -0.15) is 5.06 Å². The van der Waals surface area contributed by atoms with Crippen LogP contribution in [-0.2, 0) is 0 Å². The Balaban J connectivity index is 4.85. The smallest absolute Gasteiger partial charge is 0.0433 e. The molecule has 14 heavy (non-hydrogen) atoms. The van der Waals surface area contributed by atoms with Gasteiger partial charge in [-0.05, 0) is 39.5 Å². The highest BCUT2D eigenvalue weighted by Gasteiger charge is 2.40. The average Bonchev–Trinajstić information content (AvgIpc) is 2.02. The molecule has 0 amide bonds. The third kappa shape index (κ3) is 2.48. The molecule has 0 aliphatic carbocycles. The first-order valence-electron chi connectivity index (χ1n) is 5.53. The lowest BCUT2D eigenvalue weighted by Crippen LogP contribution is -2.58. The summed E-state index contributed by atoms with van der Waals surface area (Å²) in [5, 5.41) is 11.8. The lowest BCUT2D eigenvalue weighted by atomic mass is 9.82. The van der Waals surface area contributed by atoms with Gasteiger partial charge in [0.2, 0.25) is 0 Å². The van der Waals surface area contributed by atoms with E-state index in [-0.39, 0.29) is 11.1 Å². The second-order valence-electron chi connectivity index (χ2n) is 5.93. The van der Waals surface area contributed by atoms with Crippen LogP contribution in [0.25, 0.3) is 0 Å². The second kappa shape index (κ2) is 4.19. The van der Waals surface area contributed by atoms with E-state index in [1.807, 2.05) is 0 Å². The van der Waals surface area contributed by atoms with Crippen molar-refractivity contribution in [3.05, 3.63) is 0 Å². The maximum atomic E-state index is 10.3. The highest BCUT2D eigenvalue weighted by molar-refractivity contribution is 4.90. The minimum Gasteiger partial charge on any atom is -0.313 e. The maximum Gasteiger partial charge on any atom is 0.0433 e. The lowest BCUT2D eigenvalue weighted by molar-refractivity contribution is -0.245. The zero-order valence-corrected chi connectivity index (χ0v) is 11.0. The SMILES string of the molecule is CC(C)C(C)(C)N(O)C(C)(C)C(C)C. The van der Waals surface area contributed by atoms with Gasteiger partial charge in [-0.15, -0.1) is 0 Å². The van der Waals surface area contributed by atoms with Crippen LogP contribution in [0.4, 0.5) is 0 Å². The van der Waals surface area contributed by atoms with Gasteiger partial charge >= 0.3 is 0 Å². The normalized spacial score (nSPS) is 14.6. The van der Waals surface area contributed by atoms with Crippen molar-refractivity contribution in [2.24, 2.45) is 11.8 Å². The Hall–Kier alpha value is -0.0800. The summed E-state index contributed by atoms with van der Waals surface area (Å²) >= 11 is 0. The first-order chi connectivity index (χ1) is 6.04. The van der Waals surface area contributed by atoms with E-state index in [0.29, 0.717) is 11.8 Å². The largest absolute Gasteiger partial charge is 0.313 e. The fourth-order valence-electron chi connectivity index (χ4n) is 1.23. The van der Waals surface area contributed by atoms with Crippen molar-refractivity contribution >= 4 is 0 Å². The van der Waals surface area contributed by atoms with E-state index in [9.17, 15) is 5.21 Å². The first kappa shape index (κ1) is 13.9. The predicted molar refractivity (Wildman–Crippen MR) is 61.5 cm³/mol. The fraction of sp³-hybridized carbons (Fsp3) is 1.00. The van der Waals surface area contributed by atoms with Crippen LogP contribution in [0.15, 0.2) is 0 Å². The Bertz CT molecular complexity index is 163. The third-order valence-electron chi connectivity index (χ3n) is 3.92. The van der Waals surface area contributed by atoms with Crippen LogP contribution in [0.1, 0.15) is 55.4 Å². The Morgan fingerprint density at radius 2 is 1.00 bits per heavy atom. The molecule has 0 aromatic heterocycles. The highest BCUT2D eigenvalue weighted by Crippen LogP contribution is 2.33. The molecule has 0 unspecified atom stereocenters. The minimum absolute atomic E-state index is 0.187. The van der Waals surface area contributed by atoms with Gasteiger partial charge < -0.3 is 5.21 Å². The Labute approximate surface area is 89.3 Å². The standard InChI is InChI=1S/C12H27NO/c1-9(2)11(5,6)13(14)12(7,8)10(3)4/h9-10,14H,1-8H3. The number of hydrogen-bond donors (Lipinski definition) is 1. The van der Waals surface area contributed by atoms with E-state index >= 15 is 0 Å². The molecule has 2 nitrogen and oxygen atoms in total. The minimum atomic E-state index is -0.187. The summed E-state index contributed by atoms with van der Waals surface area (Å²) in [6.07, 6.45) is 0. The van der Waals surface area contributed by atoms with E-state index in [1.54, 1.807) is 0 Å². The van der Waals surface area contributed by atoms with Gasteiger partial charge in [0.25, 0.3) is 0 Å². The molecule has 0 bridgehead atoms. The van der Waals surface area contributed by atoms with Gasteiger partial charge in [-0.25, -0.2) is 0 Å². The summed E-state index contributed by atoms with van der Waals surface area (Å²) < 4.78 is 0. The van der Waals surface area contributed by atoms with Crippen LogP contribution in [0, 0.1) is 11.8 Å². The first-order valence-corrected chi connectivity index (χ1v) is 5.53. The average molecular weight is 201 g/mol. The molecule has 0 rings (SSSR count). The third-order valence-corrected chi connectivity index (χ3v) is 3.92. The van der Waals surface area contributed by atoms with E-state index < -0.39 is 0 Å².